The fraction of sp³-hybridized carbons (Fsp3) is 0.500. The molecular formula is C8H12N2O3. The Bertz CT molecular complexity index is 271. The van der Waals surface area contributed by atoms with Crippen LogP contribution in [0.1, 0.15) is 6.42 Å². The van der Waals surface area contributed by atoms with Gasteiger partial charge in [0, 0.05) is 32.4 Å². The molecule has 13 heavy (non-hydrogen) atoms. The van der Waals surface area contributed by atoms with E-state index in [-0.39, 0.29) is 6.54 Å². The molecule has 0 aromatic heterocycles. The maximum absolute atomic E-state index is 11.3. The van der Waals surface area contributed by atoms with E-state index in [0.29, 0.717) is 12.0 Å². The van der Waals surface area contributed by atoms with Gasteiger partial charge >= 0.3 is 6.09 Å². The maximum atomic E-state index is 11.3. The quantitative estimate of drug-likeness (QED) is 0.597. The van der Waals surface area contributed by atoms with E-state index in [2.05, 4.69) is 0 Å². The van der Waals surface area contributed by atoms with Crippen LogP contribution in [0.4, 0.5) is 4.79 Å². The van der Waals surface area contributed by atoms with Crippen LogP contribution in [0.25, 0.3) is 0 Å². The van der Waals surface area contributed by atoms with Crippen LogP contribution < -0.4 is 0 Å². The van der Waals surface area contributed by atoms with E-state index >= 15 is 0 Å². The molecule has 1 aliphatic heterocycles. The van der Waals surface area contributed by atoms with Crippen molar-refractivity contribution in [2.24, 2.45) is 0 Å². The van der Waals surface area contributed by atoms with Crippen molar-refractivity contribution in [2.75, 3.05) is 20.6 Å². The number of carbonyl (C=O) groups is 2. The van der Waals surface area contributed by atoms with E-state index in [9.17, 15) is 9.59 Å². The molecule has 2 amide bonds. The summed E-state index contributed by atoms with van der Waals surface area (Å²) in [4.78, 5) is 24.4. The van der Waals surface area contributed by atoms with Gasteiger partial charge in [-0.25, -0.2) is 9.69 Å². The predicted octanol–water partition coefficient (Wildman–Crippen LogP) is 0.342. The molecule has 1 fully saturated rings. The number of nitrogens with zero attached hydrogens (tertiary/aromatic N) is 2. The lowest BCUT2D eigenvalue weighted by Crippen LogP contribution is -2.30. The zero-order valence-electron chi connectivity index (χ0n) is 7.65. The summed E-state index contributed by atoms with van der Waals surface area (Å²) in [6.07, 6.45) is 0.987. The second-order valence-electron chi connectivity index (χ2n) is 3.11. The SMILES string of the molecule is CN(C)/C=C1\CCN(C(=O)O)C1=O. The van der Waals surface area contributed by atoms with Crippen LogP contribution in [0.3, 0.4) is 0 Å². The Hall–Kier alpha value is -1.52. The van der Waals surface area contributed by atoms with Gasteiger partial charge in [0.15, 0.2) is 0 Å². The van der Waals surface area contributed by atoms with Crippen LogP contribution in [-0.4, -0.2) is 47.5 Å². The Kier molecular flexibility index (Phi) is 2.55. The number of rotatable bonds is 1. The standard InChI is InChI=1S/C8H12N2O3/c1-9(2)5-6-3-4-10(7(6)11)8(12)13/h5H,3-4H2,1-2H3,(H,12,13)/b6-5+. The highest BCUT2D eigenvalue weighted by Crippen LogP contribution is 2.16. The summed E-state index contributed by atoms with van der Waals surface area (Å²) in [5, 5.41) is 8.60. The summed E-state index contributed by atoms with van der Waals surface area (Å²) in [5.41, 5.74) is 0.549. The van der Waals surface area contributed by atoms with Gasteiger partial charge in [-0.15, -0.1) is 0 Å². The fourth-order valence-corrected chi connectivity index (χ4v) is 1.23. The Morgan fingerprint density at radius 2 is 2.23 bits per heavy atom. The minimum Gasteiger partial charge on any atom is -0.465 e. The molecule has 1 N–H and O–H groups in total. The lowest BCUT2D eigenvalue weighted by molar-refractivity contribution is -0.123. The first kappa shape index (κ1) is 9.57. The number of hydrogen-bond donors (Lipinski definition) is 1. The first-order valence-corrected chi connectivity index (χ1v) is 3.94. The smallest absolute Gasteiger partial charge is 0.414 e. The van der Waals surface area contributed by atoms with Gasteiger partial charge in [-0.1, -0.05) is 0 Å². The van der Waals surface area contributed by atoms with E-state index in [1.165, 1.54) is 0 Å². The van der Waals surface area contributed by atoms with Crippen LogP contribution in [-0.2, 0) is 4.79 Å². The highest BCUT2D eigenvalue weighted by molar-refractivity contribution is 6.03. The van der Waals surface area contributed by atoms with Gasteiger partial charge in [-0.05, 0) is 6.42 Å². The van der Waals surface area contributed by atoms with Crippen LogP contribution in [0.2, 0.25) is 0 Å². The Morgan fingerprint density at radius 3 is 2.62 bits per heavy atom. The van der Waals surface area contributed by atoms with Gasteiger partial charge in [0.2, 0.25) is 0 Å². The molecule has 1 rings (SSSR count). The van der Waals surface area contributed by atoms with Crippen molar-refractivity contribution < 1.29 is 14.7 Å². The van der Waals surface area contributed by atoms with Crippen molar-refractivity contribution in [3.05, 3.63) is 11.8 Å². The lowest BCUT2D eigenvalue weighted by Gasteiger charge is -2.08. The van der Waals surface area contributed by atoms with Crippen molar-refractivity contribution in [3.8, 4) is 0 Å². The number of amides is 2. The molecule has 1 saturated heterocycles. The van der Waals surface area contributed by atoms with Crippen LogP contribution in [0.15, 0.2) is 11.8 Å². The molecule has 72 valence electrons. The van der Waals surface area contributed by atoms with E-state index in [0.717, 1.165) is 4.90 Å². The molecule has 1 aliphatic rings. The second kappa shape index (κ2) is 3.47. The van der Waals surface area contributed by atoms with Crippen molar-refractivity contribution in [1.29, 1.82) is 0 Å². The molecule has 0 radical (unpaired) electrons. The lowest BCUT2D eigenvalue weighted by atomic mass is 10.2. The zero-order valence-corrected chi connectivity index (χ0v) is 7.65. The van der Waals surface area contributed by atoms with Crippen molar-refractivity contribution >= 4 is 12.0 Å². The topological polar surface area (TPSA) is 60.9 Å². The summed E-state index contributed by atoms with van der Waals surface area (Å²) >= 11 is 0. The van der Waals surface area contributed by atoms with E-state index in [1.54, 1.807) is 25.2 Å². The Labute approximate surface area is 76.2 Å². The Morgan fingerprint density at radius 1 is 1.62 bits per heavy atom. The normalized spacial score (nSPS) is 19.7. The molecule has 0 spiro atoms. The predicted molar refractivity (Wildman–Crippen MR) is 46.1 cm³/mol. The Balaban J connectivity index is 2.77. The molecule has 0 bridgehead atoms. The maximum Gasteiger partial charge on any atom is 0.414 e. The van der Waals surface area contributed by atoms with Gasteiger partial charge in [0.25, 0.3) is 5.91 Å². The summed E-state index contributed by atoms with van der Waals surface area (Å²) in [6, 6.07) is 0. The third-order valence-electron chi connectivity index (χ3n) is 1.77. The third kappa shape index (κ3) is 1.99. The molecule has 5 nitrogen and oxygen atoms in total. The zero-order chi connectivity index (χ0) is 10.0. The van der Waals surface area contributed by atoms with Crippen molar-refractivity contribution in [1.82, 2.24) is 9.80 Å². The summed E-state index contributed by atoms with van der Waals surface area (Å²) < 4.78 is 0. The number of carbonyl (C=O) groups excluding carboxylic acids is 1. The van der Waals surface area contributed by atoms with Gasteiger partial charge in [-0.3, -0.25) is 4.79 Å². The summed E-state index contributed by atoms with van der Waals surface area (Å²) in [5.74, 6) is -0.402. The van der Waals surface area contributed by atoms with Crippen molar-refractivity contribution in [2.45, 2.75) is 6.42 Å². The molecule has 5 heteroatoms. The highest BCUT2D eigenvalue weighted by Gasteiger charge is 2.30. The fourth-order valence-electron chi connectivity index (χ4n) is 1.23. The van der Waals surface area contributed by atoms with E-state index in [4.69, 9.17) is 5.11 Å². The minimum atomic E-state index is -1.17. The number of hydrogen-bond acceptors (Lipinski definition) is 3. The van der Waals surface area contributed by atoms with Gasteiger partial charge in [0.1, 0.15) is 0 Å². The molecule has 0 unspecified atom stereocenters. The first-order valence-electron chi connectivity index (χ1n) is 3.94. The second-order valence-corrected chi connectivity index (χ2v) is 3.11. The van der Waals surface area contributed by atoms with Crippen molar-refractivity contribution in [3.63, 3.8) is 0 Å². The largest absolute Gasteiger partial charge is 0.465 e. The molecule has 0 atom stereocenters. The van der Waals surface area contributed by atoms with Crippen LogP contribution in [0, 0.1) is 0 Å². The molecule has 1 heterocycles. The number of imide groups is 1. The summed E-state index contributed by atoms with van der Waals surface area (Å²) in [6.45, 7) is 0.272. The molecule has 0 aliphatic carbocycles. The van der Waals surface area contributed by atoms with Gasteiger partial charge < -0.3 is 10.0 Å². The number of carboxylic acid groups (broad SMARTS) is 1. The monoisotopic (exact) mass is 184 g/mol. The molecular weight excluding hydrogens is 172 g/mol. The van der Waals surface area contributed by atoms with Gasteiger partial charge in [0.05, 0.1) is 0 Å². The molecule has 0 saturated carbocycles. The minimum absolute atomic E-state index is 0.272. The third-order valence-corrected chi connectivity index (χ3v) is 1.77. The number of likely N-dealkylation sites (tertiary alicyclic amines) is 1. The van der Waals surface area contributed by atoms with E-state index in [1.807, 2.05) is 0 Å². The van der Waals surface area contributed by atoms with Crippen LogP contribution in [0.5, 0.6) is 0 Å². The molecule has 0 aromatic rings. The average Bonchev–Trinajstić information content (AvgIpc) is 2.32. The highest BCUT2D eigenvalue weighted by atomic mass is 16.4. The van der Waals surface area contributed by atoms with E-state index < -0.39 is 12.0 Å². The summed E-state index contributed by atoms with van der Waals surface area (Å²) in [7, 11) is 3.59. The van der Waals surface area contributed by atoms with Crippen LogP contribution >= 0.6 is 0 Å². The van der Waals surface area contributed by atoms with Gasteiger partial charge in [-0.2, -0.15) is 0 Å². The molecule has 0 aromatic carbocycles. The first-order chi connectivity index (χ1) is 6.02. The average molecular weight is 184 g/mol.